The van der Waals surface area contributed by atoms with Gasteiger partial charge < -0.3 is 15.0 Å². The van der Waals surface area contributed by atoms with Crippen LogP contribution in [0.3, 0.4) is 0 Å². The Hall–Kier alpha value is -3.23. The zero-order valence-electron chi connectivity index (χ0n) is 20.1. The average molecular weight is 491 g/mol. The van der Waals surface area contributed by atoms with Gasteiger partial charge in [-0.25, -0.2) is 4.98 Å². The number of aromatic nitrogens is 1. The van der Waals surface area contributed by atoms with Crippen molar-refractivity contribution in [2.75, 3.05) is 38.6 Å². The molecule has 35 heavy (non-hydrogen) atoms. The second-order valence-electron chi connectivity index (χ2n) is 9.33. The minimum Gasteiger partial charge on any atom is -0.497 e. The summed E-state index contributed by atoms with van der Waals surface area (Å²) in [6, 6.07) is 15.2. The molecule has 5 rings (SSSR count). The van der Waals surface area contributed by atoms with Gasteiger partial charge >= 0.3 is 0 Å². The molecule has 1 aliphatic carbocycles. The van der Waals surface area contributed by atoms with Gasteiger partial charge in [-0.3, -0.25) is 14.5 Å². The molecule has 182 valence electrons. The van der Waals surface area contributed by atoms with Gasteiger partial charge in [-0.15, -0.1) is 11.3 Å². The molecule has 0 spiro atoms. The van der Waals surface area contributed by atoms with Crippen molar-refractivity contribution in [3.8, 4) is 16.3 Å². The molecule has 2 aliphatic rings. The SMILES string of the molecule is COc1ccc(-c2nc(CN3CCN(C(=O)c4ccc(NC(=O)C5CC5C)cc4)CC3)cs2)cc1. The molecule has 1 aliphatic heterocycles. The van der Waals surface area contributed by atoms with Gasteiger partial charge in [0, 0.05) is 60.8 Å². The van der Waals surface area contributed by atoms with Crippen LogP contribution in [0, 0.1) is 11.8 Å². The number of carbonyl (C=O) groups excluding carboxylic acids is 2. The lowest BCUT2D eigenvalue weighted by Gasteiger charge is -2.34. The third kappa shape index (κ3) is 5.55. The summed E-state index contributed by atoms with van der Waals surface area (Å²) in [5.41, 5.74) is 3.54. The summed E-state index contributed by atoms with van der Waals surface area (Å²) in [5, 5.41) is 6.06. The number of ether oxygens (including phenoxy) is 1. The first-order valence-electron chi connectivity index (χ1n) is 12.0. The van der Waals surface area contributed by atoms with Gasteiger partial charge in [0.1, 0.15) is 10.8 Å². The fourth-order valence-electron chi connectivity index (χ4n) is 4.39. The maximum Gasteiger partial charge on any atom is 0.253 e. The highest BCUT2D eigenvalue weighted by atomic mass is 32.1. The van der Waals surface area contributed by atoms with Crippen LogP contribution in [0.5, 0.6) is 5.75 Å². The first-order chi connectivity index (χ1) is 17.0. The van der Waals surface area contributed by atoms with Crippen LogP contribution in [0.25, 0.3) is 10.6 Å². The van der Waals surface area contributed by atoms with Crippen LogP contribution in [0.1, 0.15) is 29.4 Å². The smallest absolute Gasteiger partial charge is 0.253 e. The van der Waals surface area contributed by atoms with Crippen molar-refractivity contribution in [1.82, 2.24) is 14.8 Å². The molecule has 7 nitrogen and oxygen atoms in total. The van der Waals surface area contributed by atoms with Crippen molar-refractivity contribution < 1.29 is 14.3 Å². The van der Waals surface area contributed by atoms with Crippen molar-refractivity contribution >= 4 is 28.8 Å². The van der Waals surface area contributed by atoms with Crippen LogP contribution in [0.2, 0.25) is 0 Å². The Balaban J connectivity index is 1.11. The van der Waals surface area contributed by atoms with Crippen molar-refractivity contribution in [3.05, 3.63) is 65.2 Å². The van der Waals surface area contributed by atoms with Gasteiger partial charge in [0.2, 0.25) is 5.91 Å². The molecule has 1 N–H and O–H groups in total. The summed E-state index contributed by atoms with van der Waals surface area (Å²) in [5.74, 6) is 1.55. The minimum atomic E-state index is 0.0359. The number of anilines is 1. The minimum absolute atomic E-state index is 0.0359. The van der Waals surface area contributed by atoms with Crippen LogP contribution in [0.4, 0.5) is 5.69 Å². The van der Waals surface area contributed by atoms with E-state index in [0.29, 0.717) is 24.6 Å². The van der Waals surface area contributed by atoms with Crippen molar-refractivity contribution in [2.24, 2.45) is 11.8 Å². The number of amides is 2. The molecule has 1 saturated heterocycles. The van der Waals surface area contributed by atoms with E-state index in [4.69, 9.17) is 9.72 Å². The van der Waals surface area contributed by atoms with Gasteiger partial charge in [0.05, 0.1) is 12.8 Å². The first kappa shape index (κ1) is 23.5. The molecule has 2 fully saturated rings. The Labute approximate surface area is 209 Å². The summed E-state index contributed by atoms with van der Waals surface area (Å²) in [6.45, 7) is 5.87. The van der Waals surface area contributed by atoms with E-state index in [1.807, 2.05) is 41.3 Å². The number of hydrogen-bond acceptors (Lipinski definition) is 6. The van der Waals surface area contributed by atoms with Gasteiger partial charge in [-0.1, -0.05) is 6.92 Å². The largest absolute Gasteiger partial charge is 0.497 e. The Kier molecular flexibility index (Phi) is 6.83. The van der Waals surface area contributed by atoms with E-state index in [2.05, 4.69) is 22.5 Å². The van der Waals surface area contributed by atoms with Crippen LogP contribution in [-0.2, 0) is 11.3 Å². The molecule has 8 heteroatoms. The molecule has 2 unspecified atom stereocenters. The number of methoxy groups -OCH3 is 1. The molecular formula is C27H30N4O3S. The lowest BCUT2D eigenvalue weighted by atomic mass is 10.1. The summed E-state index contributed by atoms with van der Waals surface area (Å²) < 4.78 is 5.23. The number of hydrogen-bond donors (Lipinski definition) is 1. The number of benzene rings is 2. The third-order valence-electron chi connectivity index (χ3n) is 6.78. The van der Waals surface area contributed by atoms with E-state index in [0.717, 1.165) is 53.8 Å². The number of nitrogens with zero attached hydrogens (tertiary/aromatic N) is 3. The molecular weight excluding hydrogens is 460 g/mol. The molecule has 2 amide bonds. The zero-order valence-corrected chi connectivity index (χ0v) is 20.9. The van der Waals surface area contributed by atoms with Crippen molar-refractivity contribution in [2.45, 2.75) is 19.9 Å². The van der Waals surface area contributed by atoms with Crippen molar-refractivity contribution in [1.29, 1.82) is 0 Å². The van der Waals surface area contributed by atoms with Crippen LogP contribution in [0.15, 0.2) is 53.9 Å². The first-order valence-corrected chi connectivity index (χ1v) is 12.9. The molecule has 2 aromatic carbocycles. The molecule has 0 radical (unpaired) electrons. The van der Waals surface area contributed by atoms with E-state index >= 15 is 0 Å². The summed E-state index contributed by atoms with van der Waals surface area (Å²) in [4.78, 5) is 34.1. The van der Waals surface area contributed by atoms with Gasteiger partial charge in [-0.05, 0) is 60.9 Å². The fraction of sp³-hybridized carbons (Fsp3) is 0.370. The highest BCUT2D eigenvalue weighted by molar-refractivity contribution is 7.13. The molecule has 2 atom stereocenters. The van der Waals surface area contributed by atoms with E-state index in [9.17, 15) is 9.59 Å². The highest BCUT2D eigenvalue weighted by Gasteiger charge is 2.39. The van der Waals surface area contributed by atoms with Crippen molar-refractivity contribution in [3.63, 3.8) is 0 Å². The number of piperazine rings is 1. The predicted molar refractivity (Wildman–Crippen MR) is 138 cm³/mol. The Morgan fingerprint density at radius 1 is 1.06 bits per heavy atom. The lowest BCUT2D eigenvalue weighted by Crippen LogP contribution is -2.48. The second kappa shape index (κ2) is 10.2. The van der Waals surface area contributed by atoms with Crippen LogP contribution < -0.4 is 10.1 Å². The van der Waals surface area contributed by atoms with Gasteiger partial charge in [0.25, 0.3) is 5.91 Å². The normalized spacial score (nSPS) is 19.9. The second-order valence-corrected chi connectivity index (χ2v) is 10.2. The molecule has 3 aromatic rings. The van der Waals surface area contributed by atoms with E-state index in [1.54, 1.807) is 30.6 Å². The molecule has 1 aromatic heterocycles. The Morgan fingerprint density at radius 2 is 1.74 bits per heavy atom. The lowest BCUT2D eigenvalue weighted by molar-refractivity contribution is -0.117. The average Bonchev–Trinajstić information content (AvgIpc) is 3.45. The van der Waals surface area contributed by atoms with Gasteiger partial charge in [-0.2, -0.15) is 0 Å². The predicted octanol–water partition coefficient (Wildman–Crippen LogP) is 4.37. The summed E-state index contributed by atoms with van der Waals surface area (Å²) in [7, 11) is 1.66. The van der Waals surface area contributed by atoms with Gasteiger partial charge in [0.15, 0.2) is 0 Å². The standard InChI is InChI=1S/C27H30N4O3S/c1-18-15-24(18)25(32)28-21-7-3-20(4-8-21)27(33)31-13-11-30(12-14-31)16-22-17-35-26(29-22)19-5-9-23(34-2)10-6-19/h3-10,17-18,24H,11-16H2,1-2H3,(H,28,32). The summed E-state index contributed by atoms with van der Waals surface area (Å²) in [6.07, 6.45) is 0.959. The van der Waals surface area contributed by atoms with E-state index in [1.165, 1.54) is 0 Å². The third-order valence-corrected chi connectivity index (χ3v) is 7.72. The number of thiazole rings is 1. The van der Waals surface area contributed by atoms with Crippen LogP contribution >= 0.6 is 11.3 Å². The van der Waals surface area contributed by atoms with E-state index < -0.39 is 0 Å². The fourth-order valence-corrected chi connectivity index (χ4v) is 5.20. The molecule has 0 bridgehead atoms. The molecule has 2 heterocycles. The Morgan fingerprint density at radius 3 is 2.37 bits per heavy atom. The number of rotatable bonds is 7. The molecule has 1 saturated carbocycles. The Bertz CT molecular complexity index is 1180. The number of carbonyl (C=O) groups is 2. The van der Waals surface area contributed by atoms with E-state index in [-0.39, 0.29) is 17.7 Å². The number of nitrogens with one attached hydrogen (secondary N) is 1. The zero-order chi connectivity index (χ0) is 24.4. The highest BCUT2D eigenvalue weighted by Crippen LogP contribution is 2.38. The quantitative estimate of drug-likeness (QED) is 0.532. The summed E-state index contributed by atoms with van der Waals surface area (Å²) >= 11 is 1.65. The maximum absolute atomic E-state index is 13.0. The topological polar surface area (TPSA) is 74.8 Å². The van der Waals surface area contributed by atoms with Crippen LogP contribution in [-0.4, -0.2) is 59.9 Å². The maximum atomic E-state index is 13.0. The monoisotopic (exact) mass is 490 g/mol.